The molecule has 0 aliphatic rings. The van der Waals surface area contributed by atoms with E-state index in [1.807, 2.05) is 43.5 Å². The average molecular weight is 347 g/mol. The van der Waals surface area contributed by atoms with Crippen molar-refractivity contribution in [1.82, 2.24) is 9.55 Å². The minimum absolute atomic E-state index is 0.644. The van der Waals surface area contributed by atoms with Gasteiger partial charge in [-0.25, -0.2) is 4.98 Å². The van der Waals surface area contributed by atoms with Crippen LogP contribution in [0, 0.1) is 11.3 Å². The van der Waals surface area contributed by atoms with E-state index in [1.165, 1.54) is 11.8 Å². The van der Waals surface area contributed by atoms with Gasteiger partial charge in [-0.05, 0) is 36.0 Å². The Morgan fingerprint density at radius 1 is 1.21 bits per heavy atom. The van der Waals surface area contributed by atoms with Crippen LogP contribution < -0.4 is 0 Å². The summed E-state index contributed by atoms with van der Waals surface area (Å²) in [6.07, 6.45) is 4.00. The van der Waals surface area contributed by atoms with Crippen molar-refractivity contribution in [3.63, 3.8) is 0 Å². The monoisotopic (exact) mass is 347 g/mol. The predicted molar refractivity (Wildman–Crippen MR) is 102 cm³/mol. The zero-order valence-corrected chi connectivity index (χ0v) is 14.6. The minimum Gasteiger partial charge on any atom is -0.350 e. The van der Waals surface area contributed by atoms with Crippen molar-refractivity contribution in [2.24, 2.45) is 7.05 Å². The molecule has 0 spiro atoms. The number of rotatable bonds is 3. The molecule has 0 unspecified atom stereocenters. The van der Waals surface area contributed by atoms with Crippen molar-refractivity contribution in [1.29, 1.82) is 5.26 Å². The molecule has 4 rings (SSSR count). The molecule has 4 aromatic rings. The molecule has 2 heterocycles. The summed E-state index contributed by atoms with van der Waals surface area (Å²) in [7, 11) is 2.02. The van der Waals surface area contributed by atoms with Gasteiger partial charge in [0, 0.05) is 29.7 Å². The van der Waals surface area contributed by atoms with Crippen molar-refractivity contribution < 1.29 is 0 Å². The van der Waals surface area contributed by atoms with Crippen molar-refractivity contribution in [2.45, 2.75) is 4.34 Å². The fourth-order valence-corrected chi connectivity index (χ4v) is 4.67. The van der Waals surface area contributed by atoms with Gasteiger partial charge in [0.2, 0.25) is 0 Å². The molecule has 0 bridgehead atoms. The Hall–Kier alpha value is -2.55. The van der Waals surface area contributed by atoms with Gasteiger partial charge in [0.25, 0.3) is 0 Å². The van der Waals surface area contributed by atoms with Gasteiger partial charge in [-0.15, -0.1) is 11.3 Å². The third-order valence-corrected chi connectivity index (χ3v) is 5.82. The number of hydrogen-bond donors (Lipinski definition) is 0. The van der Waals surface area contributed by atoms with Crippen LogP contribution in [0.25, 0.3) is 27.2 Å². The number of benzene rings is 2. The molecule has 0 fully saturated rings. The lowest BCUT2D eigenvalue weighted by molar-refractivity contribution is 0.968. The Bertz CT molecular complexity index is 1080. The van der Waals surface area contributed by atoms with Gasteiger partial charge >= 0.3 is 0 Å². The lowest BCUT2D eigenvalue weighted by atomic mass is 10.1. The Morgan fingerprint density at radius 2 is 2.00 bits per heavy atom. The zero-order chi connectivity index (χ0) is 16.5. The number of allylic oxidation sites excluding steroid dienone is 1. The second kappa shape index (κ2) is 6.16. The van der Waals surface area contributed by atoms with E-state index < -0.39 is 0 Å². The van der Waals surface area contributed by atoms with Crippen molar-refractivity contribution in [3.8, 4) is 6.07 Å². The van der Waals surface area contributed by atoms with Gasteiger partial charge in [0.1, 0.15) is 6.07 Å². The molecule has 24 heavy (non-hydrogen) atoms. The molecule has 0 N–H and O–H groups in total. The Labute approximate surface area is 147 Å². The molecular weight excluding hydrogens is 334 g/mol. The van der Waals surface area contributed by atoms with E-state index in [-0.39, 0.29) is 0 Å². The molecule has 116 valence electrons. The number of nitrogens with zero attached hydrogens (tertiary/aromatic N) is 3. The van der Waals surface area contributed by atoms with Crippen LogP contribution in [-0.2, 0) is 7.05 Å². The summed E-state index contributed by atoms with van der Waals surface area (Å²) in [5, 5.41) is 10.7. The van der Waals surface area contributed by atoms with Gasteiger partial charge in [-0.1, -0.05) is 30.3 Å². The van der Waals surface area contributed by atoms with Crippen LogP contribution in [0.5, 0.6) is 0 Å². The highest BCUT2D eigenvalue weighted by Crippen LogP contribution is 2.35. The van der Waals surface area contributed by atoms with Gasteiger partial charge in [-0.2, -0.15) is 5.26 Å². The number of hydrogen-bond acceptors (Lipinski definition) is 4. The first-order valence-electron chi connectivity index (χ1n) is 7.44. The lowest BCUT2D eigenvalue weighted by Gasteiger charge is -1.95. The molecule has 0 atom stereocenters. The van der Waals surface area contributed by atoms with Crippen molar-refractivity contribution >= 4 is 50.3 Å². The summed E-state index contributed by atoms with van der Waals surface area (Å²) in [4.78, 5) is 5.24. The van der Waals surface area contributed by atoms with E-state index in [0.717, 1.165) is 31.0 Å². The van der Waals surface area contributed by atoms with Crippen molar-refractivity contribution in [2.75, 3.05) is 0 Å². The molecule has 2 aromatic carbocycles. The molecule has 0 aliphatic carbocycles. The molecule has 0 aliphatic heterocycles. The number of aryl methyl sites for hydroxylation is 1. The first-order chi connectivity index (χ1) is 11.7. The van der Waals surface area contributed by atoms with E-state index in [9.17, 15) is 5.26 Å². The number of thioether (sulfide) groups is 1. The van der Waals surface area contributed by atoms with Gasteiger partial charge < -0.3 is 4.57 Å². The van der Waals surface area contributed by atoms with E-state index >= 15 is 0 Å². The summed E-state index contributed by atoms with van der Waals surface area (Å²) in [5.41, 5.74) is 3.19. The second-order valence-corrected chi connectivity index (χ2v) is 7.70. The topological polar surface area (TPSA) is 41.6 Å². The standard InChI is InChI=1S/C19H13N3S2/c1-22-12-13(15-6-2-4-8-17(15)22)10-14(11-20)23-19-21-16-7-3-5-9-18(16)24-19/h2-10,12H,1H3/b14-10+. The highest BCUT2D eigenvalue weighted by Gasteiger charge is 2.09. The third kappa shape index (κ3) is 2.71. The summed E-state index contributed by atoms with van der Waals surface area (Å²) in [6.45, 7) is 0. The fraction of sp³-hybridized carbons (Fsp3) is 0.0526. The fourth-order valence-electron chi connectivity index (χ4n) is 2.70. The molecule has 0 saturated carbocycles. The summed E-state index contributed by atoms with van der Waals surface area (Å²) in [6, 6.07) is 18.5. The van der Waals surface area contributed by atoms with Crippen LogP contribution >= 0.6 is 23.1 Å². The van der Waals surface area contributed by atoms with Crippen LogP contribution in [0.3, 0.4) is 0 Å². The molecule has 3 nitrogen and oxygen atoms in total. The maximum absolute atomic E-state index is 9.53. The number of para-hydroxylation sites is 2. The number of nitriles is 1. The first kappa shape index (κ1) is 15.0. The van der Waals surface area contributed by atoms with Crippen molar-refractivity contribution in [3.05, 3.63) is 65.2 Å². The van der Waals surface area contributed by atoms with Gasteiger partial charge in [-0.3, -0.25) is 0 Å². The van der Waals surface area contributed by atoms with Gasteiger partial charge in [0.15, 0.2) is 4.34 Å². The molecule has 0 saturated heterocycles. The molecule has 0 radical (unpaired) electrons. The summed E-state index contributed by atoms with van der Waals surface area (Å²) in [5.74, 6) is 0. The molecule has 5 heteroatoms. The second-order valence-electron chi connectivity index (χ2n) is 5.38. The molecule has 0 amide bonds. The van der Waals surface area contributed by atoms with E-state index in [2.05, 4.69) is 40.0 Å². The maximum Gasteiger partial charge on any atom is 0.156 e. The minimum atomic E-state index is 0.644. The van der Waals surface area contributed by atoms with Crippen LogP contribution in [0.4, 0.5) is 0 Å². The highest BCUT2D eigenvalue weighted by molar-refractivity contribution is 8.05. The quantitative estimate of drug-likeness (QED) is 0.366. The number of aromatic nitrogens is 2. The predicted octanol–water partition coefficient (Wildman–Crippen LogP) is 5.44. The number of thiazole rings is 1. The maximum atomic E-state index is 9.53. The Morgan fingerprint density at radius 3 is 2.83 bits per heavy atom. The zero-order valence-electron chi connectivity index (χ0n) is 12.9. The number of fused-ring (bicyclic) bond motifs is 2. The van der Waals surface area contributed by atoms with E-state index in [0.29, 0.717) is 4.91 Å². The average Bonchev–Trinajstić information content (AvgIpc) is 3.15. The first-order valence-corrected chi connectivity index (χ1v) is 9.07. The van der Waals surface area contributed by atoms with E-state index in [1.54, 1.807) is 11.3 Å². The largest absolute Gasteiger partial charge is 0.350 e. The molecular formula is C19H13N3S2. The Balaban J connectivity index is 1.72. The SMILES string of the molecule is Cn1cc(/C=C(\C#N)Sc2nc3ccccc3s2)c2ccccc21. The molecule has 2 aromatic heterocycles. The van der Waals surface area contributed by atoms with Crippen LogP contribution in [-0.4, -0.2) is 9.55 Å². The normalized spacial score (nSPS) is 11.9. The van der Waals surface area contributed by atoms with Crippen LogP contribution in [0.2, 0.25) is 0 Å². The smallest absolute Gasteiger partial charge is 0.156 e. The highest BCUT2D eigenvalue weighted by atomic mass is 32.2. The lowest BCUT2D eigenvalue weighted by Crippen LogP contribution is -1.81. The Kier molecular flexibility index (Phi) is 3.85. The van der Waals surface area contributed by atoms with Crippen LogP contribution in [0.1, 0.15) is 5.56 Å². The summed E-state index contributed by atoms with van der Waals surface area (Å²) < 4.78 is 4.12. The van der Waals surface area contributed by atoms with Crippen LogP contribution in [0.15, 0.2) is 64.0 Å². The summed E-state index contributed by atoms with van der Waals surface area (Å²) >= 11 is 3.04. The van der Waals surface area contributed by atoms with Gasteiger partial charge in [0.05, 0.1) is 15.1 Å². The third-order valence-electron chi connectivity index (χ3n) is 3.80. The van der Waals surface area contributed by atoms with E-state index in [4.69, 9.17) is 0 Å².